The van der Waals surface area contributed by atoms with Gasteiger partial charge in [-0.1, -0.05) is 24.3 Å². The molecular formula is C21H20BrF3N3O6-. The quantitative estimate of drug-likeness (QED) is 0.367. The fourth-order valence-corrected chi connectivity index (χ4v) is 3.90. The molecule has 1 saturated heterocycles. The maximum atomic E-state index is 13.8. The minimum absolute atomic E-state index is 0.152. The van der Waals surface area contributed by atoms with Crippen molar-refractivity contribution in [3.8, 4) is 5.88 Å². The first kappa shape index (κ1) is 25.6. The van der Waals surface area contributed by atoms with E-state index in [2.05, 4.69) is 21.0 Å². The molecule has 0 bridgehead atoms. The smallest absolute Gasteiger partial charge is 0.424 e. The van der Waals surface area contributed by atoms with Crippen molar-refractivity contribution >= 4 is 33.4 Å². The van der Waals surface area contributed by atoms with Crippen LogP contribution in [-0.2, 0) is 38.4 Å². The SMILES string of the molecule is CO/C=C(/C(=O)[O-])c1ccccc1COc1nn(CC(=O)N2CCOCC2)c(Br)c1C(F)(F)F. The van der Waals surface area contributed by atoms with Gasteiger partial charge >= 0.3 is 6.18 Å². The number of carbonyl (C=O) groups is 2. The van der Waals surface area contributed by atoms with Gasteiger partial charge in [-0.25, -0.2) is 4.68 Å². The van der Waals surface area contributed by atoms with Crippen LogP contribution in [0.25, 0.3) is 5.57 Å². The number of nitrogens with zero attached hydrogens (tertiary/aromatic N) is 3. The number of hydrogen-bond acceptors (Lipinski definition) is 7. The third kappa shape index (κ3) is 5.89. The van der Waals surface area contributed by atoms with Gasteiger partial charge in [0.2, 0.25) is 11.8 Å². The molecule has 0 atom stereocenters. The van der Waals surface area contributed by atoms with Crippen molar-refractivity contribution < 1.29 is 42.1 Å². The Morgan fingerprint density at radius 2 is 1.94 bits per heavy atom. The van der Waals surface area contributed by atoms with Crippen molar-refractivity contribution in [3.63, 3.8) is 0 Å². The molecule has 34 heavy (non-hydrogen) atoms. The zero-order valence-corrected chi connectivity index (χ0v) is 19.5. The predicted octanol–water partition coefficient (Wildman–Crippen LogP) is 1.84. The summed E-state index contributed by atoms with van der Waals surface area (Å²) in [5.41, 5.74) is -1.08. The van der Waals surface area contributed by atoms with Crippen LogP contribution in [0, 0.1) is 0 Å². The van der Waals surface area contributed by atoms with E-state index in [1.165, 1.54) is 24.1 Å². The van der Waals surface area contributed by atoms with Gasteiger partial charge in [-0.3, -0.25) is 4.79 Å². The fourth-order valence-electron chi connectivity index (χ4n) is 3.30. The van der Waals surface area contributed by atoms with Crippen LogP contribution in [0.2, 0.25) is 0 Å². The Balaban J connectivity index is 1.88. The van der Waals surface area contributed by atoms with Crippen LogP contribution >= 0.6 is 15.9 Å². The number of halogens is 4. The molecule has 1 aromatic carbocycles. The highest BCUT2D eigenvalue weighted by molar-refractivity contribution is 9.10. The number of carboxylic acid groups (broad SMARTS) is 1. The van der Waals surface area contributed by atoms with E-state index in [0.29, 0.717) is 26.3 Å². The first-order chi connectivity index (χ1) is 16.1. The summed E-state index contributed by atoms with van der Waals surface area (Å²) in [7, 11) is 1.25. The third-order valence-electron chi connectivity index (χ3n) is 4.92. The van der Waals surface area contributed by atoms with Gasteiger partial charge in [0, 0.05) is 18.7 Å². The van der Waals surface area contributed by atoms with Gasteiger partial charge in [-0.15, -0.1) is 5.10 Å². The maximum absolute atomic E-state index is 13.8. The second-order valence-corrected chi connectivity index (χ2v) is 7.87. The number of morpholine rings is 1. The zero-order valence-electron chi connectivity index (χ0n) is 17.9. The van der Waals surface area contributed by atoms with Crippen LogP contribution in [0.5, 0.6) is 5.88 Å². The fraction of sp³-hybridized carbons (Fsp3) is 0.381. The standard InChI is InChI=1S/C21H21BrF3N3O6/c1-32-12-15(20(30)31)14-5-3-2-4-13(14)11-34-19-17(21(23,24)25)18(22)28(26-19)10-16(29)27-6-8-33-9-7-27/h2-5,12H,6-11H2,1H3,(H,30,31)/p-1/b15-12+. The Labute approximate surface area is 200 Å². The number of rotatable bonds is 8. The summed E-state index contributed by atoms with van der Waals surface area (Å²) in [5.74, 6) is -2.70. The van der Waals surface area contributed by atoms with E-state index in [0.717, 1.165) is 10.9 Å². The lowest BCUT2D eigenvalue weighted by Crippen LogP contribution is -2.42. The number of aromatic nitrogens is 2. The van der Waals surface area contributed by atoms with Crippen LogP contribution in [-0.4, -0.2) is 60.0 Å². The number of amides is 1. The average Bonchev–Trinajstić information content (AvgIpc) is 3.12. The minimum Gasteiger partial charge on any atom is -0.545 e. The Morgan fingerprint density at radius 1 is 1.26 bits per heavy atom. The topological polar surface area (TPSA) is 106 Å². The summed E-state index contributed by atoms with van der Waals surface area (Å²) >= 11 is 2.89. The molecule has 9 nitrogen and oxygen atoms in total. The van der Waals surface area contributed by atoms with Crippen LogP contribution in [0.4, 0.5) is 13.2 Å². The Kier molecular flexibility index (Phi) is 8.20. The van der Waals surface area contributed by atoms with Gasteiger partial charge in [0.15, 0.2) is 5.56 Å². The van der Waals surface area contributed by atoms with Gasteiger partial charge < -0.3 is 29.0 Å². The number of ether oxygens (including phenoxy) is 3. The molecule has 1 amide bonds. The predicted molar refractivity (Wildman–Crippen MR) is 113 cm³/mol. The van der Waals surface area contributed by atoms with E-state index in [1.54, 1.807) is 12.1 Å². The molecule has 3 rings (SSSR count). The van der Waals surface area contributed by atoms with Crippen molar-refractivity contribution in [2.75, 3.05) is 33.4 Å². The minimum atomic E-state index is -4.83. The van der Waals surface area contributed by atoms with E-state index in [1.807, 2.05) is 0 Å². The van der Waals surface area contributed by atoms with E-state index in [-0.39, 0.29) is 16.7 Å². The summed E-state index contributed by atoms with van der Waals surface area (Å²) in [4.78, 5) is 25.4. The van der Waals surface area contributed by atoms with Crippen molar-refractivity contribution in [1.29, 1.82) is 0 Å². The van der Waals surface area contributed by atoms with Crippen LogP contribution in [0.1, 0.15) is 16.7 Å². The van der Waals surface area contributed by atoms with Crippen LogP contribution in [0.3, 0.4) is 0 Å². The van der Waals surface area contributed by atoms with Gasteiger partial charge in [-0.05, 0) is 27.1 Å². The number of benzene rings is 1. The number of aliphatic carboxylic acids is 1. The summed E-state index contributed by atoms with van der Waals surface area (Å²) < 4.78 is 57.0. The molecule has 2 heterocycles. The largest absolute Gasteiger partial charge is 0.545 e. The molecule has 0 radical (unpaired) electrons. The summed E-state index contributed by atoms with van der Waals surface area (Å²) in [6, 6.07) is 6.06. The number of methoxy groups -OCH3 is 1. The second-order valence-electron chi connectivity index (χ2n) is 7.12. The normalized spacial score (nSPS) is 14.7. The highest BCUT2D eigenvalue weighted by atomic mass is 79.9. The summed E-state index contributed by atoms with van der Waals surface area (Å²) in [6.07, 6.45) is -3.88. The van der Waals surface area contributed by atoms with Crippen molar-refractivity contribution in [2.45, 2.75) is 19.3 Å². The third-order valence-corrected chi connectivity index (χ3v) is 5.72. The molecule has 1 aromatic heterocycles. The highest BCUT2D eigenvalue weighted by Crippen LogP contribution is 2.41. The first-order valence-corrected chi connectivity index (χ1v) is 10.8. The highest BCUT2D eigenvalue weighted by Gasteiger charge is 2.41. The zero-order chi connectivity index (χ0) is 24.9. The van der Waals surface area contributed by atoms with Crippen molar-refractivity contribution in [3.05, 3.63) is 51.8 Å². The molecule has 184 valence electrons. The number of carboxylic acids is 1. The van der Waals surface area contributed by atoms with Gasteiger partial charge in [-0.2, -0.15) is 13.2 Å². The second kappa shape index (κ2) is 10.9. The number of carbonyl (C=O) groups excluding carboxylic acids is 2. The molecule has 13 heteroatoms. The van der Waals surface area contributed by atoms with Gasteiger partial charge in [0.05, 0.1) is 32.6 Å². The van der Waals surface area contributed by atoms with Crippen LogP contribution in [0.15, 0.2) is 35.1 Å². The van der Waals surface area contributed by atoms with E-state index in [4.69, 9.17) is 14.2 Å². The first-order valence-electron chi connectivity index (χ1n) is 9.98. The lowest BCUT2D eigenvalue weighted by atomic mass is 10.0. The van der Waals surface area contributed by atoms with Crippen molar-refractivity contribution in [2.24, 2.45) is 0 Å². The molecule has 1 aliphatic heterocycles. The molecule has 1 fully saturated rings. The maximum Gasteiger partial charge on any atom is 0.424 e. The molecule has 2 aromatic rings. The number of hydrogen-bond donors (Lipinski definition) is 0. The summed E-state index contributed by atoms with van der Waals surface area (Å²) in [6.45, 7) is 0.487. The van der Waals surface area contributed by atoms with Crippen LogP contribution < -0.4 is 9.84 Å². The lowest BCUT2D eigenvalue weighted by Gasteiger charge is -2.26. The molecular weight excluding hydrogens is 527 g/mol. The molecule has 0 spiro atoms. The Bertz CT molecular complexity index is 1080. The van der Waals surface area contributed by atoms with Gasteiger partial charge in [0.1, 0.15) is 17.8 Å². The van der Waals surface area contributed by atoms with E-state index in [9.17, 15) is 27.9 Å². The molecule has 0 aliphatic carbocycles. The Hall–Kier alpha value is -3.06. The Morgan fingerprint density at radius 3 is 2.56 bits per heavy atom. The van der Waals surface area contributed by atoms with Gasteiger partial charge in [0.25, 0.3) is 0 Å². The molecule has 0 unspecified atom stereocenters. The van der Waals surface area contributed by atoms with Crippen molar-refractivity contribution in [1.82, 2.24) is 14.7 Å². The lowest BCUT2D eigenvalue weighted by molar-refractivity contribution is -0.295. The molecule has 0 N–H and O–H groups in total. The van der Waals surface area contributed by atoms with E-state index < -0.39 is 47.3 Å². The molecule has 0 saturated carbocycles. The monoisotopic (exact) mass is 546 g/mol. The average molecular weight is 547 g/mol. The number of alkyl halides is 3. The van der Waals surface area contributed by atoms with E-state index >= 15 is 0 Å². The molecule has 1 aliphatic rings. The summed E-state index contributed by atoms with van der Waals surface area (Å²) in [5, 5.41) is 15.3.